The Morgan fingerprint density at radius 1 is 0.478 bits per heavy atom. The topological polar surface area (TPSA) is 109 Å². The highest BCUT2D eigenvalue weighted by Gasteiger charge is 2.26. The largest absolute Gasteiger partial charge is 0.324 e. The molecule has 7 aromatic rings. The fraction of sp³-hybridized carbons (Fsp3) is 0.111. The number of nitrogens with one attached hydrogen (secondary N) is 2. The number of fused-ring (bicyclic) bond motifs is 20. The van der Waals surface area contributed by atoms with Gasteiger partial charge < -0.3 is 9.97 Å². The van der Waals surface area contributed by atoms with Crippen molar-refractivity contribution in [3.05, 3.63) is 94.5 Å². The molecule has 0 saturated carbocycles. The van der Waals surface area contributed by atoms with Gasteiger partial charge in [0, 0.05) is 43.8 Å². The molecule has 5 heterocycles. The van der Waals surface area contributed by atoms with Crippen molar-refractivity contribution in [1.29, 1.82) is 0 Å². The van der Waals surface area contributed by atoms with Crippen LogP contribution in [0.3, 0.4) is 0 Å². The number of rotatable bonds is 0. The molecule has 222 valence electrons. The summed E-state index contributed by atoms with van der Waals surface area (Å²) in [5, 5.41) is 4.19. The lowest BCUT2D eigenvalue weighted by molar-refractivity contribution is 0.591. The third-order valence-electron chi connectivity index (χ3n) is 8.53. The second-order valence-electron chi connectivity index (χ2n) is 12.5. The van der Waals surface area contributed by atoms with Gasteiger partial charge in [-0.2, -0.15) is 0 Å². The van der Waals surface area contributed by atoms with E-state index in [1.54, 1.807) is 0 Å². The molecule has 8 nitrogen and oxygen atoms in total. The lowest BCUT2D eigenvalue weighted by Gasteiger charge is -2.21. The highest BCUT2D eigenvalue weighted by molar-refractivity contribution is 6.47. The molecule has 0 saturated heterocycles. The van der Waals surface area contributed by atoms with Crippen LogP contribution in [0.4, 0.5) is 0 Å². The number of hydrogen-bond donors (Lipinski definition) is 2. The van der Waals surface area contributed by atoms with Crippen LogP contribution in [0.15, 0.2) is 78.9 Å². The van der Waals surface area contributed by atoms with E-state index < -0.39 is 0 Å². The van der Waals surface area contributed by atoms with Crippen LogP contribution in [-0.4, -0.2) is 39.9 Å². The molecule has 2 aliphatic heterocycles. The molecule has 0 fully saturated rings. The molecule has 2 aliphatic rings. The Bertz CT molecular complexity index is 2610. The van der Waals surface area contributed by atoms with Gasteiger partial charge in [-0.3, -0.25) is 0 Å². The number of hydrogen-bond acceptors (Lipinski definition) is 6. The summed E-state index contributed by atoms with van der Waals surface area (Å²) in [6.45, 7) is 6.31. The van der Waals surface area contributed by atoms with Crippen molar-refractivity contribution in [1.82, 2.24) is 39.9 Å². The Kier molecular flexibility index (Phi) is 5.70. The standard InChI is InChI=1S/C36H24Cl2N8/c1-36(2,3)24-16-23-25(27(38)26(24)37)35-45-33-22-15-9-8-14-21(22)31(43-33)41-29-18-11-5-4-10-17(18)28(39-29)40-30-19-12-6-7-13-20(19)32(42-30)44-34(23)46-35/h4-16H,1-3H3,(H2,39,40,41,42,43,44,45,46). The van der Waals surface area contributed by atoms with Crippen molar-refractivity contribution >= 4 is 67.3 Å². The van der Waals surface area contributed by atoms with E-state index in [1.807, 2.05) is 78.9 Å². The van der Waals surface area contributed by atoms with Gasteiger partial charge in [0.1, 0.15) is 22.6 Å². The molecule has 0 atom stereocenters. The smallest absolute Gasteiger partial charge is 0.164 e. The zero-order valence-electron chi connectivity index (χ0n) is 24.9. The maximum Gasteiger partial charge on any atom is 0.164 e. The fourth-order valence-corrected chi connectivity index (χ4v) is 7.00. The van der Waals surface area contributed by atoms with Crippen molar-refractivity contribution in [3.63, 3.8) is 0 Å². The summed E-state index contributed by atoms with van der Waals surface area (Å²) in [5.74, 6) is 2.12. The van der Waals surface area contributed by atoms with Crippen molar-refractivity contribution < 1.29 is 0 Å². The maximum atomic E-state index is 7.08. The van der Waals surface area contributed by atoms with E-state index in [-0.39, 0.29) is 5.41 Å². The van der Waals surface area contributed by atoms with Crippen LogP contribution in [0.25, 0.3) is 89.7 Å². The molecule has 4 aromatic carbocycles. The molecule has 3 aromatic heterocycles. The predicted octanol–water partition coefficient (Wildman–Crippen LogP) is 9.47. The van der Waals surface area contributed by atoms with Gasteiger partial charge in [0.25, 0.3) is 0 Å². The first-order valence-corrected chi connectivity index (χ1v) is 15.6. The van der Waals surface area contributed by atoms with Gasteiger partial charge in [-0.1, -0.05) is 117 Å². The fourth-order valence-electron chi connectivity index (χ4n) is 6.28. The number of benzene rings is 4. The van der Waals surface area contributed by atoms with E-state index >= 15 is 0 Å². The molecule has 0 unspecified atom stereocenters. The Hall–Kier alpha value is -5.18. The van der Waals surface area contributed by atoms with Gasteiger partial charge in [-0.15, -0.1) is 0 Å². The van der Waals surface area contributed by atoms with Crippen LogP contribution in [0.1, 0.15) is 26.3 Å². The third-order valence-corrected chi connectivity index (χ3v) is 9.40. The summed E-state index contributed by atoms with van der Waals surface area (Å²) in [5.41, 5.74) is 6.47. The van der Waals surface area contributed by atoms with Crippen molar-refractivity contribution in [2.75, 3.05) is 0 Å². The Balaban J connectivity index is 1.52. The van der Waals surface area contributed by atoms with Gasteiger partial charge in [0.05, 0.1) is 10.0 Å². The molecule has 46 heavy (non-hydrogen) atoms. The number of aromatic amines is 2. The van der Waals surface area contributed by atoms with Gasteiger partial charge in [-0.05, 0) is 17.0 Å². The molecular weight excluding hydrogens is 615 g/mol. The van der Waals surface area contributed by atoms with Gasteiger partial charge in [0.15, 0.2) is 23.3 Å². The summed E-state index contributed by atoms with van der Waals surface area (Å²) in [6.07, 6.45) is 0. The Labute approximate surface area is 272 Å². The molecule has 0 aliphatic carbocycles. The summed E-state index contributed by atoms with van der Waals surface area (Å²) in [4.78, 5) is 37.1. The SMILES string of the molecule is CC(C)(C)c1cc2c3nc4nc(nc5[nH]c(nc6nc(nc([nH]3)c2c(Cl)c1Cl)-c1ccccc1-6)c1ccccc51)-c1ccccc1-4. The van der Waals surface area contributed by atoms with E-state index in [0.717, 1.165) is 44.0 Å². The third kappa shape index (κ3) is 4.00. The first kappa shape index (κ1) is 27.2. The maximum absolute atomic E-state index is 7.08. The minimum absolute atomic E-state index is 0.273. The molecular formula is C36H24Cl2N8. The van der Waals surface area contributed by atoms with Crippen LogP contribution in [0.2, 0.25) is 10.0 Å². The summed E-state index contributed by atoms with van der Waals surface area (Å²) in [7, 11) is 0. The first-order chi connectivity index (χ1) is 22.2. The van der Waals surface area contributed by atoms with Gasteiger partial charge >= 0.3 is 0 Å². The first-order valence-electron chi connectivity index (χ1n) is 14.9. The zero-order chi connectivity index (χ0) is 31.3. The van der Waals surface area contributed by atoms with Gasteiger partial charge in [-0.25, -0.2) is 29.9 Å². The van der Waals surface area contributed by atoms with Crippen LogP contribution < -0.4 is 0 Å². The molecule has 2 N–H and O–H groups in total. The number of halogens is 2. The zero-order valence-corrected chi connectivity index (χ0v) is 26.5. The van der Waals surface area contributed by atoms with Crippen LogP contribution in [-0.2, 0) is 5.41 Å². The monoisotopic (exact) mass is 638 g/mol. The van der Waals surface area contributed by atoms with Crippen molar-refractivity contribution in [3.8, 4) is 45.6 Å². The quantitative estimate of drug-likeness (QED) is 0.171. The van der Waals surface area contributed by atoms with Crippen LogP contribution >= 0.6 is 23.2 Å². The average Bonchev–Trinajstić information content (AvgIpc) is 3.77. The molecule has 8 bridgehead atoms. The summed E-state index contributed by atoms with van der Waals surface area (Å²) in [6, 6.07) is 26.0. The van der Waals surface area contributed by atoms with E-state index in [4.69, 9.17) is 53.1 Å². The van der Waals surface area contributed by atoms with Crippen LogP contribution in [0, 0.1) is 0 Å². The van der Waals surface area contributed by atoms with Gasteiger partial charge in [0.2, 0.25) is 0 Å². The molecule has 9 rings (SSSR count). The van der Waals surface area contributed by atoms with E-state index in [0.29, 0.717) is 61.3 Å². The van der Waals surface area contributed by atoms with E-state index in [1.165, 1.54) is 0 Å². The normalized spacial score (nSPS) is 12.5. The summed E-state index contributed by atoms with van der Waals surface area (Å²) < 4.78 is 0. The molecule has 0 amide bonds. The van der Waals surface area contributed by atoms with Crippen molar-refractivity contribution in [2.24, 2.45) is 0 Å². The Morgan fingerprint density at radius 2 is 0.870 bits per heavy atom. The van der Waals surface area contributed by atoms with Crippen LogP contribution in [0.5, 0.6) is 0 Å². The lowest BCUT2D eigenvalue weighted by atomic mass is 9.86. The molecule has 10 heteroatoms. The van der Waals surface area contributed by atoms with Crippen molar-refractivity contribution in [2.45, 2.75) is 26.2 Å². The highest BCUT2D eigenvalue weighted by Crippen LogP contribution is 2.43. The summed E-state index contributed by atoms with van der Waals surface area (Å²) >= 11 is 14.0. The van der Waals surface area contributed by atoms with E-state index in [9.17, 15) is 0 Å². The minimum Gasteiger partial charge on any atom is -0.324 e. The Morgan fingerprint density at radius 3 is 1.33 bits per heavy atom. The number of nitrogens with zero attached hydrogens (tertiary/aromatic N) is 6. The second kappa shape index (κ2) is 9.66. The minimum atomic E-state index is -0.273. The highest BCUT2D eigenvalue weighted by atomic mass is 35.5. The second-order valence-corrected chi connectivity index (χ2v) is 13.2. The molecule has 0 spiro atoms. The predicted molar refractivity (Wildman–Crippen MR) is 185 cm³/mol. The van der Waals surface area contributed by atoms with E-state index in [2.05, 4.69) is 30.7 Å². The lowest BCUT2D eigenvalue weighted by Crippen LogP contribution is -2.12. The number of aromatic nitrogens is 8. The average molecular weight is 640 g/mol. The number of H-pyrrole nitrogens is 2. The molecule has 0 radical (unpaired) electrons.